The van der Waals surface area contributed by atoms with Crippen LogP contribution in [0.4, 0.5) is 0 Å². The number of rotatable bonds is 4. The van der Waals surface area contributed by atoms with Gasteiger partial charge in [0.15, 0.2) is 0 Å². The standard InChI is InChI=1S/C12H15Cl/c1-3-4-10(2)9-11-5-7-12(13)8-6-11/h3,5-8,10H,1,4,9H2,2H3. The Labute approximate surface area is 85.2 Å². The molecule has 0 aliphatic carbocycles. The highest BCUT2D eigenvalue weighted by atomic mass is 35.5. The summed E-state index contributed by atoms with van der Waals surface area (Å²) in [4.78, 5) is 0. The summed E-state index contributed by atoms with van der Waals surface area (Å²) in [6.45, 7) is 5.97. The number of halogens is 1. The SMILES string of the molecule is C=CCC(C)Cc1ccc(Cl)cc1. The minimum absolute atomic E-state index is 0.665. The molecule has 0 fully saturated rings. The van der Waals surface area contributed by atoms with Crippen LogP contribution < -0.4 is 0 Å². The summed E-state index contributed by atoms with van der Waals surface area (Å²) < 4.78 is 0. The van der Waals surface area contributed by atoms with Gasteiger partial charge < -0.3 is 0 Å². The number of allylic oxidation sites excluding steroid dienone is 1. The molecule has 1 aromatic carbocycles. The topological polar surface area (TPSA) is 0 Å². The van der Waals surface area contributed by atoms with Crippen molar-refractivity contribution in [1.82, 2.24) is 0 Å². The fourth-order valence-corrected chi connectivity index (χ4v) is 1.52. The second-order valence-electron chi connectivity index (χ2n) is 3.46. The fourth-order valence-electron chi connectivity index (χ4n) is 1.39. The van der Waals surface area contributed by atoms with Gasteiger partial charge in [-0.15, -0.1) is 6.58 Å². The maximum absolute atomic E-state index is 5.79. The molecule has 1 atom stereocenters. The number of hydrogen-bond acceptors (Lipinski definition) is 0. The normalized spacial score (nSPS) is 12.5. The van der Waals surface area contributed by atoms with Gasteiger partial charge in [-0.2, -0.15) is 0 Å². The van der Waals surface area contributed by atoms with Crippen LogP contribution in [0.15, 0.2) is 36.9 Å². The maximum atomic E-state index is 5.79. The third-order valence-corrected chi connectivity index (χ3v) is 2.32. The van der Waals surface area contributed by atoms with Crippen molar-refractivity contribution in [3.63, 3.8) is 0 Å². The first-order valence-electron chi connectivity index (χ1n) is 4.57. The molecule has 0 aromatic heterocycles. The van der Waals surface area contributed by atoms with Gasteiger partial charge in [-0.05, 0) is 36.5 Å². The second-order valence-corrected chi connectivity index (χ2v) is 3.90. The summed E-state index contributed by atoms with van der Waals surface area (Å²) in [5.74, 6) is 0.665. The molecule has 70 valence electrons. The van der Waals surface area contributed by atoms with Crippen LogP contribution in [0, 0.1) is 5.92 Å². The van der Waals surface area contributed by atoms with E-state index in [1.54, 1.807) is 0 Å². The molecule has 0 bridgehead atoms. The molecule has 0 saturated carbocycles. The summed E-state index contributed by atoms with van der Waals surface area (Å²) >= 11 is 5.79. The van der Waals surface area contributed by atoms with Crippen LogP contribution in [-0.4, -0.2) is 0 Å². The van der Waals surface area contributed by atoms with E-state index in [1.165, 1.54) is 5.56 Å². The van der Waals surface area contributed by atoms with Gasteiger partial charge in [0, 0.05) is 5.02 Å². The lowest BCUT2D eigenvalue weighted by Gasteiger charge is -2.08. The highest BCUT2D eigenvalue weighted by molar-refractivity contribution is 6.30. The van der Waals surface area contributed by atoms with E-state index in [0.29, 0.717) is 5.92 Å². The van der Waals surface area contributed by atoms with E-state index in [2.05, 4.69) is 25.6 Å². The van der Waals surface area contributed by atoms with E-state index in [0.717, 1.165) is 17.9 Å². The summed E-state index contributed by atoms with van der Waals surface area (Å²) in [6.07, 6.45) is 4.15. The molecule has 0 saturated heterocycles. The molecule has 1 unspecified atom stereocenters. The van der Waals surface area contributed by atoms with Crippen molar-refractivity contribution in [1.29, 1.82) is 0 Å². The van der Waals surface area contributed by atoms with E-state index < -0.39 is 0 Å². The molecule has 1 heteroatoms. The molecule has 0 amide bonds. The fraction of sp³-hybridized carbons (Fsp3) is 0.333. The van der Waals surface area contributed by atoms with Crippen molar-refractivity contribution in [2.45, 2.75) is 19.8 Å². The first-order valence-corrected chi connectivity index (χ1v) is 4.95. The largest absolute Gasteiger partial charge is 0.103 e. The zero-order valence-corrected chi connectivity index (χ0v) is 8.72. The van der Waals surface area contributed by atoms with Crippen molar-refractivity contribution < 1.29 is 0 Å². The van der Waals surface area contributed by atoms with Crippen LogP contribution in [0.2, 0.25) is 5.02 Å². The molecule has 0 nitrogen and oxygen atoms in total. The third-order valence-electron chi connectivity index (χ3n) is 2.07. The Bertz CT molecular complexity index is 261. The van der Waals surface area contributed by atoms with Gasteiger partial charge in [0.1, 0.15) is 0 Å². The molecule has 0 spiro atoms. The second kappa shape index (κ2) is 5.08. The van der Waals surface area contributed by atoms with Crippen LogP contribution in [0.3, 0.4) is 0 Å². The van der Waals surface area contributed by atoms with Crippen LogP contribution in [-0.2, 0) is 6.42 Å². The smallest absolute Gasteiger partial charge is 0.0406 e. The van der Waals surface area contributed by atoms with E-state index >= 15 is 0 Å². The quantitative estimate of drug-likeness (QED) is 0.634. The van der Waals surface area contributed by atoms with Crippen LogP contribution in [0.5, 0.6) is 0 Å². The first-order chi connectivity index (χ1) is 6.22. The minimum atomic E-state index is 0.665. The van der Waals surface area contributed by atoms with Gasteiger partial charge in [0.2, 0.25) is 0 Å². The van der Waals surface area contributed by atoms with Crippen molar-refractivity contribution >= 4 is 11.6 Å². The van der Waals surface area contributed by atoms with Gasteiger partial charge in [0.25, 0.3) is 0 Å². The van der Waals surface area contributed by atoms with E-state index in [9.17, 15) is 0 Å². The molecule has 0 heterocycles. The number of hydrogen-bond donors (Lipinski definition) is 0. The molecule has 0 N–H and O–H groups in total. The third kappa shape index (κ3) is 3.65. The highest BCUT2D eigenvalue weighted by Crippen LogP contribution is 2.15. The van der Waals surface area contributed by atoms with Gasteiger partial charge >= 0.3 is 0 Å². The van der Waals surface area contributed by atoms with Crippen molar-refractivity contribution in [2.75, 3.05) is 0 Å². The Hall–Kier alpha value is -0.750. The number of benzene rings is 1. The van der Waals surface area contributed by atoms with Crippen molar-refractivity contribution in [3.05, 3.63) is 47.5 Å². The van der Waals surface area contributed by atoms with E-state index in [1.807, 2.05) is 18.2 Å². The van der Waals surface area contributed by atoms with Gasteiger partial charge in [-0.25, -0.2) is 0 Å². The van der Waals surface area contributed by atoms with Gasteiger partial charge in [0.05, 0.1) is 0 Å². The molecular formula is C12H15Cl. The van der Waals surface area contributed by atoms with E-state index in [4.69, 9.17) is 11.6 Å². The Morgan fingerprint density at radius 3 is 2.54 bits per heavy atom. The zero-order valence-electron chi connectivity index (χ0n) is 7.96. The van der Waals surface area contributed by atoms with Gasteiger partial charge in [-0.3, -0.25) is 0 Å². The predicted octanol–water partition coefficient (Wildman–Crippen LogP) is 4.09. The lowest BCUT2D eigenvalue weighted by atomic mass is 9.98. The Morgan fingerprint density at radius 2 is 2.00 bits per heavy atom. The molecule has 13 heavy (non-hydrogen) atoms. The summed E-state index contributed by atoms with van der Waals surface area (Å²) in [7, 11) is 0. The molecule has 0 radical (unpaired) electrons. The van der Waals surface area contributed by atoms with Crippen molar-refractivity contribution in [3.8, 4) is 0 Å². The molecule has 1 aromatic rings. The summed E-state index contributed by atoms with van der Waals surface area (Å²) in [5.41, 5.74) is 1.35. The average molecular weight is 195 g/mol. The van der Waals surface area contributed by atoms with E-state index in [-0.39, 0.29) is 0 Å². The van der Waals surface area contributed by atoms with Crippen LogP contribution in [0.25, 0.3) is 0 Å². The Morgan fingerprint density at radius 1 is 1.38 bits per heavy atom. The maximum Gasteiger partial charge on any atom is 0.0406 e. The lowest BCUT2D eigenvalue weighted by molar-refractivity contribution is 0.590. The lowest BCUT2D eigenvalue weighted by Crippen LogP contribution is -1.97. The van der Waals surface area contributed by atoms with Crippen LogP contribution >= 0.6 is 11.6 Å². The van der Waals surface area contributed by atoms with Crippen molar-refractivity contribution in [2.24, 2.45) is 5.92 Å². The highest BCUT2D eigenvalue weighted by Gasteiger charge is 2.00. The molecule has 0 aliphatic heterocycles. The molecular weight excluding hydrogens is 180 g/mol. The molecule has 1 rings (SSSR count). The average Bonchev–Trinajstić information content (AvgIpc) is 2.09. The summed E-state index contributed by atoms with van der Waals surface area (Å²) in [6, 6.07) is 8.05. The monoisotopic (exact) mass is 194 g/mol. The predicted molar refractivity (Wildman–Crippen MR) is 59.1 cm³/mol. The minimum Gasteiger partial charge on any atom is -0.103 e. The Balaban J connectivity index is 2.53. The zero-order chi connectivity index (χ0) is 9.68. The Kier molecular flexibility index (Phi) is 4.04. The first kappa shape index (κ1) is 10.3. The molecule has 0 aliphatic rings. The van der Waals surface area contributed by atoms with Crippen LogP contribution in [0.1, 0.15) is 18.9 Å². The summed E-state index contributed by atoms with van der Waals surface area (Å²) in [5, 5.41) is 0.806. The van der Waals surface area contributed by atoms with Gasteiger partial charge in [-0.1, -0.05) is 36.7 Å².